The van der Waals surface area contributed by atoms with Crippen molar-refractivity contribution in [3.8, 4) is 5.75 Å². The summed E-state index contributed by atoms with van der Waals surface area (Å²) in [5, 5.41) is 2.88. The standard InChI is InChI=1S/C24H24F3N5O3/c25-24(26,27)35-17-4-1-15(2-5-17)23(34)32-11-8-14(9-12-32)18-7-10-28-22-20(18)30-21(31-22)16-3-6-19(33)29-13-16/h1-2,4-5,7,10,14,16H,3,6,8-9,11-13H2,(H,29,33)(H,28,30,31)/t16-/m1/s1. The Morgan fingerprint density at radius 1 is 1.06 bits per heavy atom. The number of imidazole rings is 1. The number of carbonyl (C=O) groups excluding carboxylic acids is 2. The number of H-pyrrole nitrogens is 1. The van der Waals surface area contributed by atoms with Gasteiger partial charge in [0.25, 0.3) is 5.91 Å². The molecular formula is C24H24F3N5O3. The minimum Gasteiger partial charge on any atom is -0.406 e. The van der Waals surface area contributed by atoms with Crippen LogP contribution in [0.15, 0.2) is 36.5 Å². The van der Waals surface area contributed by atoms with Gasteiger partial charge in [-0.3, -0.25) is 9.59 Å². The summed E-state index contributed by atoms with van der Waals surface area (Å²) in [7, 11) is 0. The van der Waals surface area contributed by atoms with Gasteiger partial charge < -0.3 is 19.9 Å². The molecule has 3 aromatic rings. The molecular weight excluding hydrogens is 463 g/mol. The number of benzene rings is 1. The fourth-order valence-corrected chi connectivity index (χ4v) is 4.82. The molecule has 2 amide bonds. The average molecular weight is 487 g/mol. The smallest absolute Gasteiger partial charge is 0.406 e. The van der Waals surface area contributed by atoms with Gasteiger partial charge in [-0.1, -0.05) is 0 Å². The third-order valence-corrected chi connectivity index (χ3v) is 6.65. The molecule has 1 atom stereocenters. The van der Waals surface area contributed by atoms with E-state index in [1.165, 1.54) is 12.1 Å². The van der Waals surface area contributed by atoms with Gasteiger partial charge in [0.15, 0.2) is 5.65 Å². The van der Waals surface area contributed by atoms with Gasteiger partial charge in [0.1, 0.15) is 11.6 Å². The molecule has 0 unspecified atom stereocenters. The molecule has 2 saturated heterocycles. The number of likely N-dealkylation sites (tertiary alicyclic amines) is 1. The summed E-state index contributed by atoms with van der Waals surface area (Å²) in [6.45, 7) is 1.62. The van der Waals surface area contributed by atoms with Crippen LogP contribution in [0.1, 0.15) is 59.3 Å². The number of hydrogen-bond acceptors (Lipinski definition) is 5. The van der Waals surface area contributed by atoms with Crippen molar-refractivity contribution in [3.05, 3.63) is 53.5 Å². The van der Waals surface area contributed by atoms with E-state index in [-0.39, 0.29) is 29.4 Å². The molecule has 8 nitrogen and oxygen atoms in total. The topological polar surface area (TPSA) is 100 Å². The number of alkyl halides is 3. The van der Waals surface area contributed by atoms with E-state index >= 15 is 0 Å². The number of rotatable bonds is 4. The largest absolute Gasteiger partial charge is 0.573 e. The van der Waals surface area contributed by atoms with E-state index in [2.05, 4.69) is 25.0 Å². The molecule has 2 aromatic heterocycles. The van der Waals surface area contributed by atoms with Gasteiger partial charge in [0, 0.05) is 43.7 Å². The Balaban J connectivity index is 1.25. The van der Waals surface area contributed by atoms with Crippen molar-refractivity contribution in [1.29, 1.82) is 0 Å². The first-order valence-electron chi connectivity index (χ1n) is 11.5. The normalized spacial score (nSPS) is 19.6. The molecule has 184 valence electrons. The van der Waals surface area contributed by atoms with Gasteiger partial charge in [0.05, 0.1) is 5.52 Å². The highest BCUT2D eigenvalue weighted by atomic mass is 19.4. The third-order valence-electron chi connectivity index (χ3n) is 6.65. The fraction of sp³-hybridized carbons (Fsp3) is 0.417. The highest BCUT2D eigenvalue weighted by Gasteiger charge is 2.31. The highest BCUT2D eigenvalue weighted by molar-refractivity contribution is 5.94. The van der Waals surface area contributed by atoms with Gasteiger partial charge in [-0.15, -0.1) is 13.2 Å². The monoisotopic (exact) mass is 487 g/mol. The zero-order chi connectivity index (χ0) is 24.6. The van der Waals surface area contributed by atoms with Crippen LogP contribution in [0.2, 0.25) is 0 Å². The fourth-order valence-electron chi connectivity index (χ4n) is 4.82. The summed E-state index contributed by atoms with van der Waals surface area (Å²) < 4.78 is 40.9. The maximum atomic E-state index is 12.9. The van der Waals surface area contributed by atoms with Crippen LogP contribution in [0.25, 0.3) is 11.2 Å². The summed E-state index contributed by atoms with van der Waals surface area (Å²) >= 11 is 0. The molecule has 4 heterocycles. The zero-order valence-corrected chi connectivity index (χ0v) is 18.8. The number of amides is 2. The number of halogens is 3. The number of nitrogens with one attached hydrogen (secondary N) is 2. The Bertz CT molecular complexity index is 1220. The van der Waals surface area contributed by atoms with E-state index in [4.69, 9.17) is 0 Å². The first-order valence-corrected chi connectivity index (χ1v) is 11.5. The Morgan fingerprint density at radius 3 is 2.46 bits per heavy atom. The summed E-state index contributed by atoms with van der Waals surface area (Å²) in [6.07, 6.45) is -0.320. The van der Waals surface area contributed by atoms with E-state index in [9.17, 15) is 22.8 Å². The number of nitrogens with zero attached hydrogens (tertiary/aromatic N) is 3. The molecule has 2 aliphatic rings. The van der Waals surface area contributed by atoms with Gasteiger partial charge >= 0.3 is 6.36 Å². The molecule has 0 saturated carbocycles. The molecule has 2 N–H and O–H groups in total. The van der Waals surface area contributed by atoms with Crippen LogP contribution in [-0.2, 0) is 4.79 Å². The lowest BCUT2D eigenvalue weighted by Gasteiger charge is -2.32. The molecule has 35 heavy (non-hydrogen) atoms. The average Bonchev–Trinajstić information content (AvgIpc) is 3.28. The van der Waals surface area contributed by atoms with Crippen molar-refractivity contribution in [2.24, 2.45) is 0 Å². The molecule has 0 bridgehead atoms. The van der Waals surface area contributed by atoms with Crippen LogP contribution in [0.4, 0.5) is 13.2 Å². The zero-order valence-electron chi connectivity index (χ0n) is 18.8. The third kappa shape index (κ3) is 5.08. The summed E-state index contributed by atoms with van der Waals surface area (Å²) in [5.74, 6) is 0.649. The van der Waals surface area contributed by atoms with Gasteiger partial charge in [-0.2, -0.15) is 0 Å². The summed E-state index contributed by atoms with van der Waals surface area (Å²) in [5.41, 5.74) is 2.97. The first kappa shape index (κ1) is 23.1. The van der Waals surface area contributed by atoms with Gasteiger partial charge in [-0.25, -0.2) is 9.97 Å². The number of piperidine rings is 2. The number of pyridine rings is 1. The number of carbonyl (C=O) groups is 2. The quantitative estimate of drug-likeness (QED) is 0.582. The Hall–Kier alpha value is -3.63. The predicted octanol–water partition coefficient (Wildman–Crippen LogP) is 3.87. The van der Waals surface area contributed by atoms with E-state index in [1.807, 2.05) is 6.07 Å². The number of hydrogen-bond donors (Lipinski definition) is 2. The van der Waals surface area contributed by atoms with E-state index in [0.717, 1.165) is 48.3 Å². The van der Waals surface area contributed by atoms with Crippen LogP contribution in [-0.4, -0.2) is 57.7 Å². The Kier molecular flexibility index (Phi) is 6.08. The maximum Gasteiger partial charge on any atom is 0.573 e. The van der Waals surface area contributed by atoms with Crippen molar-refractivity contribution in [2.45, 2.75) is 43.9 Å². The molecule has 2 aliphatic heterocycles. The van der Waals surface area contributed by atoms with Crippen LogP contribution >= 0.6 is 0 Å². The number of aromatic nitrogens is 3. The SMILES string of the molecule is O=C1CC[C@@H](c2nc3nccc(C4CCN(C(=O)c5ccc(OC(F)(F)F)cc5)CC4)c3[nH]2)CN1. The van der Waals surface area contributed by atoms with Crippen molar-refractivity contribution >= 4 is 23.0 Å². The second-order valence-electron chi connectivity index (χ2n) is 8.90. The summed E-state index contributed by atoms with van der Waals surface area (Å²) in [4.78, 5) is 38.6. The predicted molar refractivity (Wildman–Crippen MR) is 120 cm³/mol. The Morgan fingerprint density at radius 2 is 1.80 bits per heavy atom. The second kappa shape index (κ2) is 9.20. The number of ether oxygens (including phenoxy) is 1. The van der Waals surface area contributed by atoms with Crippen LogP contribution < -0.4 is 10.1 Å². The minimum atomic E-state index is -4.77. The highest BCUT2D eigenvalue weighted by Crippen LogP contribution is 2.33. The van der Waals surface area contributed by atoms with E-state index in [1.54, 1.807) is 11.1 Å². The van der Waals surface area contributed by atoms with E-state index < -0.39 is 6.36 Å². The van der Waals surface area contributed by atoms with Crippen molar-refractivity contribution in [2.75, 3.05) is 19.6 Å². The van der Waals surface area contributed by atoms with E-state index in [0.29, 0.717) is 37.3 Å². The van der Waals surface area contributed by atoms with Gasteiger partial charge in [-0.05, 0) is 61.1 Å². The molecule has 1 aromatic carbocycles. The van der Waals surface area contributed by atoms with Gasteiger partial charge in [0.2, 0.25) is 5.91 Å². The van der Waals surface area contributed by atoms with Crippen molar-refractivity contribution in [3.63, 3.8) is 0 Å². The van der Waals surface area contributed by atoms with Crippen LogP contribution in [0.3, 0.4) is 0 Å². The van der Waals surface area contributed by atoms with Crippen LogP contribution in [0.5, 0.6) is 5.75 Å². The number of aromatic amines is 1. The first-order chi connectivity index (χ1) is 16.8. The van der Waals surface area contributed by atoms with Crippen LogP contribution in [0, 0.1) is 0 Å². The molecule has 2 fully saturated rings. The van der Waals surface area contributed by atoms with Crippen molar-refractivity contribution in [1.82, 2.24) is 25.2 Å². The molecule has 0 aliphatic carbocycles. The maximum absolute atomic E-state index is 12.9. The Labute approximate surface area is 198 Å². The second-order valence-corrected chi connectivity index (χ2v) is 8.90. The lowest BCUT2D eigenvalue weighted by Crippen LogP contribution is -2.38. The van der Waals surface area contributed by atoms with Crippen molar-refractivity contribution < 1.29 is 27.5 Å². The minimum absolute atomic E-state index is 0.0584. The lowest BCUT2D eigenvalue weighted by molar-refractivity contribution is -0.274. The number of fused-ring (bicyclic) bond motifs is 1. The lowest BCUT2D eigenvalue weighted by atomic mass is 9.89. The molecule has 11 heteroatoms. The molecule has 0 radical (unpaired) electrons. The summed E-state index contributed by atoms with van der Waals surface area (Å²) in [6, 6.07) is 6.97. The molecule has 5 rings (SSSR count). The molecule has 0 spiro atoms.